The number of nitrogens with one attached hydrogen (secondary N) is 1. The number of para-hydroxylation sites is 1. The molecule has 2 nitrogen and oxygen atoms in total. The Hall–Kier alpha value is -1.51. The van der Waals surface area contributed by atoms with E-state index in [1.165, 1.54) is 11.3 Å². The van der Waals surface area contributed by atoms with Crippen molar-refractivity contribution in [2.24, 2.45) is 0 Å². The normalized spacial score (nSPS) is 12.1. The maximum atomic E-state index is 6.33. The van der Waals surface area contributed by atoms with E-state index in [0.717, 1.165) is 24.5 Å². The molecule has 0 radical (unpaired) electrons. The van der Waals surface area contributed by atoms with Crippen molar-refractivity contribution in [2.45, 2.75) is 19.4 Å². The Bertz CT molecular complexity index is 542. The van der Waals surface area contributed by atoms with E-state index in [1.54, 1.807) is 0 Å². The van der Waals surface area contributed by atoms with Gasteiger partial charge in [0.1, 0.15) is 0 Å². The van der Waals surface area contributed by atoms with Crippen molar-refractivity contribution < 1.29 is 0 Å². The highest BCUT2D eigenvalue weighted by Crippen LogP contribution is 2.25. The quantitative estimate of drug-likeness (QED) is 0.809. The number of hydrogen-bond donors (Lipinski definition) is 1. The lowest BCUT2D eigenvalue weighted by molar-refractivity contribution is 0.516. The van der Waals surface area contributed by atoms with Crippen LogP contribution >= 0.6 is 11.6 Å². The topological polar surface area (TPSA) is 15.3 Å². The van der Waals surface area contributed by atoms with Crippen LogP contribution in [0.5, 0.6) is 0 Å². The number of halogens is 1. The fraction of sp³-hybridized carbons (Fsp3) is 0.333. The van der Waals surface area contributed by atoms with E-state index in [4.69, 9.17) is 11.6 Å². The Morgan fingerprint density at radius 2 is 1.71 bits per heavy atom. The third-order valence-electron chi connectivity index (χ3n) is 3.68. The molecule has 0 saturated carbocycles. The van der Waals surface area contributed by atoms with Gasteiger partial charge in [0, 0.05) is 30.3 Å². The van der Waals surface area contributed by atoms with Crippen molar-refractivity contribution in [3.05, 3.63) is 65.2 Å². The van der Waals surface area contributed by atoms with Gasteiger partial charge in [-0.15, -0.1) is 0 Å². The van der Waals surface area contributed by atoms with E-state index in [2.05, 4.69) is 54.5 Å². The molecule has 1 N–H and O–H groups in total. The molecule has 0 heterocycles. The number of rotatable bonds is 7. The average molecular weight is 303 g/mol. The first-order chi connectivity index (χ1) is 10.2. The maximum Gasteiger partial charge on any atom is 0.0453 e. The number of hydrogen-bond acceptors (Lipinski definition) is 2. The van der Waals surface area contributed by atoms with Gasteiger partial charge in [0.05, 0.1) is 0 Å². The van der Waals surface area contributed by atoms with Crippen molar-refractivity contribution in [3.63, 3.8) is 0 Å². The second kappa shape index (κ2) is 8.06. The van der Waals surface area contributed by atoms with Crippen molar-refractivity contribution >= 4 is 17.3 Å². The largest absolute Gasteiger partial charge is 0.375 e. The Morgan fingerprint density at radius 3 is 2.38 bits per heavy atom. The van der Waals surface area contributed by atoms with Gasteiger partial charge in [0.15, 0.2) is 0 Å². The van der Waals surface area contributed by atoms with Gasteiger partial charge in [-0.25, -0.2) is 0 Å². The molecule has 0 spiro atoms. The van der Waals surface area contributed by atoms with Crippen LogP contribution in [0.15, 0.2) is 54.6 Å². The van der Waals surface area contributed by atoms with Crippen LogP contribution < -0.4 is 10.2 Å². The Morgan fingerprint density at radius 1 is 1.05 bits per heavy atom. The van der Waals surface area contributed by atoms with Crippen LogP contribution in [0.3, 0.4) is 0 Å². The molecule has 1 unspecified atom stereocenters. The van der Waals surface area contributed by atoms with Gasteiger partial charge >= 0.3 is 0 Å². The third kappa shape index (κ3) is 4.48. The summed E-state index contributed by atoms with van der Waals surface area (Å²) in [6.45, 7) is 4.04. The molecule has 0 saturated heterocycles. The first-order valence-corrected chi connectivity index (χ1v) is 7.84. The van der Waals surface area contributed by atoms with Crippen molar-refractivity contribution in [3.8, 4) is 0 Å². The minimum absolute atomic E-state index is 0.287. The number of nitrogens with zero attached hydrogens (tertiary/aromatic N) is 1. The second-order valence-electron chi connectivity index (χ2n) is 5.18. The molecule has 2 rings (SSSR count). The summed E-state index contributed by atoms with van der Waals surface area (Å²) < 4.78 is 0. The molecule has 0 aromatic heterocycles. The Kier molecular flexibility index (Phi) is 6.09. The molecule has 0 bridgehead atoms. The molecule has 2 aromatic carbocycles. The van der Waals surface area contributed by atoms with Crippen molar-refractivity contribution in [2.75, 3.05) is 25.0 Å². The minimum atomic E-state index is 0.287. The summed E-state index contributed by atoms with van der Waals surface area (Å²) >= 11 is 6.33. The fourth-order valence-corrected chi connectivity index (χ4v) is 2.77. The van der Waals surface area contributed by atoms with E-state index >= 15 is 0 Å². The maximum absolute atomic E-state index is 6.33. The molecule has 0 aliphatic carbocycles. The smallest absolute Gasteiger partial charge is 0.0453 e. The second-order valence-corrected chi connectivity index (χ2v) is 5.58. The summed E-state index contributed by atoms with van der Waals surface area (Å²) in [7, 11) is 2.13. The van der Waals surface area contributed by atoms with Crippen molar-refractivity contribution in [1.82, 2.24) is 5.32 Å². The van der Waals surface area contributed by atoms with Crippen LogP contribution in [0.25, 0.3) is 0 Å². The molecular weight excluding hydrogens is 280 g/mol. The van der Waals surface area contributed by atoms with Gasteiger partial charge in [-0.1, -0.05) is 54.9 Å². The molecule has 0 aliphatic heterocycles. The van der Waals surface area contributed by atoms with Crippen LogP contribution in [0.1, 0.15) is 24.9 Å². The Labute approximate surface area is 132 Å². The summed E-state index contributed by atoms with van der Waals surface area (Å²) in [5, 5.41) is 4.37. The number of anilines is 1. The van der Waals surface area contributed by atoms with Crippen LogP contribution in [0, 0.1) is 0 Å². The zero-order valence-electron chi connectivity index (χ0n) is 12.7. The van der Waals surface area contributed by atoms with E-state index in [0.29, 0.717) is 0 Å². The monoisotopic (exact) mass is 302 g/mol. The molecule has 2 aromatic rings. The van der Waals surface area contributed by atoms with E-state index < -0.39 is 0 Å². The predicted octanol–water partition coefficient (Wildman–Crippen LogP) is 4.52. The highest BCUT2D eigenvalue weighted by atomic mass is 35.5. The van der Waals surface area contributed by atoms with E-state index in [-0.39, 0.29) is 6.04 Å². The standard InChI is InChI=1S/C18H23ClN2/c1-3-20-18(16-11-7-8-12-17(16)19)13-14-21(2)15-9-5-4-6-10-15/h4-12,18,20H,3,13-14H2,1-2H3. The lowest BCUT2D eigenvalue weighted by Gasteiger charge is -2.24. The van der Waals surface area contributed by atoms with Gasteiger partial charge in [0.25, 0.3) is 0 Å². The lowest BCUT2D eigenvalue weighted by Crippen LogP contribution is -2.27. The van der Waals surface area contributed by atoms with Gasteiger partial charge in [-0.2, -0.15) is 0 Å². The van der Waals surface area contributed by atoms with Crippen molar-refractivity contribution in [1.29, 1.82) is 0 Å². The van der Waals surface area contributed by atoms with Crippen LogP contribution in [-0.2, 0) is 0 Å². The molecule has 0 amide bonds. The predicted molar refractivity (Wildman–Crippen MR) is 92.2 cm³/mol. The summed E-state index contributed by atoms with van der Waals surface area (Å²) in [5.41, 5.74) is 2.43. The fourth-order valence-electron chi connectivity index (χ4n) is 2.51. The van der Waals surface area contributed by atoms with Crippen LogP contribution in [-0.4, -0.2) is 20.1 Å². The van der Waals surface area contributed by atoms with Gasteiger partial charge in [-0.3, -0.25) is 0 Å². The molecule has 112 valence electrons. The highest BCUT2D eigenvalue weighted by Gasteiger charge is 2.14. The lowest BCUT2D eigenvalue weighted by atomic mass is 10.0. The summed E-state index contributed by atoms with van der Waals surface area (Å²) in [5.74, 6) is 0. The van der Waals surface area contributed by atoms with E-state index in [9.17, 15) is 0 Å². The zero-order chi connectivity index (χ0) is 15.1. The zero-order valence-corrected chi connectivity index (χ0v) is 13.5. The third-order valence-corrected chi connectivity index (χ3v) is 4.03. The summed E-state index contributed by atoms with van der Waals surface area (Å²) in [6, 6.07) is 18.8. The molecule has 0 aliphatic rings. The van der Waals surface area contributed by atoms with Crippen LogP contribution in [0.2, 0.25) is 5.02 Å². The summed E-state index contributed by atoms with van der Waals surface area (Å²) in [6.07, 6.45) is 1.02. The van der Waals surface area contributed by atoms with Gasteiger partial charge < -0.3 is 10.2 Å². The number of benzene rings is 2. The Balaban J connectivity index is 2.02. The van der Waals surface area contributed by atoms with E-state index in [1.807, 2.05) is 24.3 Å². The molecule has 1 atom stereocenters. The van der Waals surface area contributed by atoms with Crippen LogP contribution in [0.4, 0.5) is 5.69 Å². The minimum Gasteiger partial charge on any atom is -0.375 e. The molecular formula is C18H23ClN2. The SMILES string of the molecule is CCNC(CCN(C)c1ccccc1)c1ccccc1Cl. The first-order valence-electron chi connectivity index (χ1n) is 7.46. The van der Waals surface area contributed by atoms with Gasteiger partial charge in [0.2, 0.25) is 0 Å². The highest BCUT2D eigenvalue weighted by molar-refractivity contribution is 6.31. The molecule has 21 heavy (non-hydrogen) atoms. The van der Waals surface area contributed by atoms with Gasteiger partial charge in [-0.05, 0) is 36.7 Å². The average Bonchev–Trinajstić information content (AvgIpc) is 2.53. The summed E-state index contributed by atoms with van der Waals surface area (Å²) in [4.78, 5) is 2.28. The molecule has 3 heteroatoms. The molecule has 0 fully saturated rings. The first kappa shape index (κ1) is 15.9.